The van der Waals surface area contributed by atoms with Crippen LogP contribution in [0, 0.1) is 0 Å². The molecule has 0 saturated carbocycles. The molecule has 7 heterocycles. The van der Waals surface area contributed by atoms with Gasteiger partial charge >= 0.3 is 0 Å². The second-order valence-corrected chi connectivity index (χ2v) is 23.6. The number of likely N-dealkylation sites (tertiary alicyclic amines) is 1. The Morgan fingerprint density at radius 1 is 0.592 bits per heavy atom. The van der Waals surface area contributed by atoms with Crippen LogP contribution in [0.4, 0.5) is 34.9 Å². The zero-order valence-corrected chi connectivity index (χ0v) is 45.8. The lowest BCUT2D eigenvalue weighted by Crippen LogP contribution is -2.41. The van der Waals surface area contributed by atoms with Crippen LogP contribution >= 0.6 is 81.8 Å². The topological polar surface area (TPSA) is 157 Å². The highest BCUT2D eigenvalue weighted by atomic mass is 79.9. The third-order valence-corrected chi connectivity index (χ3v) is 15.9. The van der Waals surface area contributed by atoms with E-state index in [0.717, 1.165) is 91.6 Å². The number of benzene rings is 3. The number of aliphatic hydroxyl groups excluding tert-OH is 1. The fraction of sp³-hybridized carbons (Fsp3) is 0.173. The van der Waals surface area contributed by atoms with Crippen LogP contribution in [0.25, 0.3) is 31.7 Å². The molecule has 0 bridgehead atoms. The first-order chi connectivity index (χ1) is 34.5. The summed E-state index contributed by atoms with van der Waals surface area (Å²) in [5, 5.41) is 18.8. The molecular weight excluding hydrogens is 1150 g/mol. The maximum atomic E-state index is 10.8. The fourth-order valence-electron chi connectivity index (χ4n) is 7.45. The Hall–Kier alpha value is -5.61. The molecule has 10 rings (SSSR count). The van der Waals surface area contributed by atoms with Gasteiger partial charge in [0.2, 0.25) is 17.8 Å². The second-order valence-electron chi connectivity index (χ2n) is 16.3. The highest BCUT2D eigenvalue weighted by Crippen LogP contribution is 2.33. The molecule has 19 heteroatoms. The van der Waals surface area contributed by atoms with Gasteiger partial charge in [-0.3, -0.25) is 9.69 Å². The van der Waals surface area contributed by atoms with Crippen LogP contribution in [0.5, 0.6) is 0 Å². The highest BCUT2D eigenvalue weighted by molar-refractivity contribution is 9.11. The van der Waals surface area contributed by atoms with Gasteiger partial charge in [0.15, 0.2) is 0 Å². The van der Waals surface area contributed by atoms with E-state index in [1.54, 1.807) is 64.7 Å². The summed E-state index contributed by atoms with van der Waals surface area (Å²) in [6.07, 6.45) is 8.54. The van der Waals surface area contributed by atoms with Crippen molar-refractivity contribution in [2.75, 3.05) is 43.1 Å². The molecule has 0 spiro atoms. The lowest BCUT2D eigenvalue weighted by Gasteiger charge is -2.35. The monoisotopic (exact) mass is 1190 g/mol. The number of anilines is 6. The van der Waals surface area contributed by atoms with Gasteiger partial charge in [0, 0.05) is 53.8 Å². The predicted molar refractivity (Wildman–Crippen MR) is 302 cm³/mol. The van der Waals surface area contributed by atoms with Gasteiger partial charge in [-0.2, -0.15) is 0 Å². The number of nitrogens with one attached hydrogen (secondary N) is 3. The van der Waals surface area contributed by atoms with Gasteiger partial charge in [-0.1, -0.05) is 36.4 Å². The maximum absolute atomic E-state index is 10.8. The van der Waals surface area contributed by atoms with Crippen molar-refractivity contribution in [3.63, 3.8) is 0 Å². The van der Waals surface area contributed by atoms with Gasteiger partial charge < -0.3 is 26.0 Å². The van der Waals surface area contributed by atoms with E-state index in [-0.39, 0.29) is 6.61 Å². The average molecular weight is 1190 g/mol. The first kappa shape index (κ1) is 51.7. The van der Waals surface area contributed by atoms with Crippen molar-refractivity contribution in [3.8, 4) is 31.7 Å². The standard InChI is InChI=1S/C22H26BrN5S.C15H12BrN3OS.C15H10BrN3OS/c1-27(2)18-9-12-28(13-10-18)15-16-4-3-5-17(14-16)25-22-24-11-8-19(26-22)20-6-7-21(23)29-20;2*16-14-5-4-13(21-14)12-6-7-17-15(19-12)18-11-3-1-2-10(8-11)9-20/h3-8,11,14,18H,9-10,12-13,15H2,1-2H3,(H,24,25,26);1-8,20H,9H2,(H,17,18,19);1-9H,(H,17,18,19). The Labute approximate surface area is 450 Å². The third-order valence-electron chi connectivity index (χ3n) is 11.0. The summed E-state index contributed by atoms with van der Waals surface area (Å²) >= 11 is 15.3. The number of aldehydes is 1. The first-order valence-electron chi connectivity index (χ1n) is 22.4. The Kier molecular flexibility index (Phi) is 18.7. The minimum atomic E-state index is 0.0135. The van der Waals surface area contributed by atoms with Crippen molar-refractivity contribution in [2.45, 2.75) is 32.0 Å². The highest BCUT2D eigenvalue weighted by Gasteiger charge is 2.20. The summed E-state index contributed by atoms with van der Waals surface area (Å²) in [5.41, 5.74) is 8.09. The SMILES string of the molecule is CN(C)C1CCN(Cc2cccc(Nc3nccc(-c4ccc(Br)s4)n3)c2)CC1.O=Cc1cccc(Nc2nccc(-c3ccc(Br)s3)n2)c1.OCc1cccc(Nc2nccc(-c3ccc(Br)s3)n2)c1. The summed E-state index contributed by atoms with van der Waals surface area (Å²) in [6.45, 7) is 3.31. The van der Waals surface area contributed by atoms with Crippen LogP contribution in [-0.2, 0) is 13.2 Å². The number of thiophene rings is 3. The van der Waals surface area contributed by atoms with E-state index in [9.17, 15) is 4.79 Å². The molecule has 71 heavy (non-hydrogen) atoms. The van der Waals surface area contributed by atoms with Gasteiger partial charge in [0.05, 0.1) is 49.7 Å². The molecule has 4 N–H and O–H groups in total. The van der Waals surface area contributed by atoms with Crippen molar-refractivity contribution in [1.29, 1.82) is 0 Å². The lowest BCUT2D eigenvalue weighted by molar-refractivity contribution is 0.112. The number of rotatable bonds is 14. The Morgan fingerprint density at radius 2 is 1.01 bits per heavy atom. The first-order valence-corrected chi connectivity index (χ1v) is 27.2. The summed E-state index contributed by atoms with van der Waals surface area (Å²) in [5.74, 6) is 1.66. The second kappa shape index (κ2) is 25.7. The van der Waals surface area contributed by atoms with Crippen molar-refractivity contribution in [1.82, 2.24) is 39.7 Å². The number of aliphatic hydroxyl groups is 1. The van der Waals surface area contributed by atoms with E-state index in [4.69, 9.17) is 5.11 Å². The zero-order chi connectivity index (χ0) is 49.5. The van der Waals surface area contributed by atoms with Crippen molar-refractivity contribution in [3.05, 3.63) is 174 Å². The number of nitrogens with zero attached hydrogens (tertiary/aromatic N) is 8. The van der Waals surface area contributed by atoms with Crippen LogP contribution in [0.1, 0.15) is 34.3 Å². The number of piperidine rings is 1. The number of aromatic nitrogens is 6. The lowest BCUT2D eigenvalue weighted by atomic mass is 10.0. The molecule has 0 atom stereocenters. The molecule has 0 unspecified atom stereocenters. The Bertz CT molecular complexity index is 3160. The third kappa shape index (κ3) is 15.4. The molecule has 9 aromatic rings. The van der Waals surface area contributed by atoms with E-state index in [1.165, 1.54) is 18.4 Å². The smallest absolute Gasteiger partial charge is 0.227 e. The summed E-state index contributed by atoms with van der Waals surface area (Å²) in [4.78, 5) is 45.5. The van der Waals surface area contributed by atoms with E-state index >= 15 is 0 Å². The van der Waals surface area contributed by atoms with E-state index in [1.807, 2.05) is 84.9 Å². The molecule has 1 aliphatic heterocycles. The Morgan fingerprint density at radius 3 is 1.42 bits per heavy atom. The van der Waals surface area contributed by atoms with Crippen LogP contribution < -0.4 is 16.0 Å². The normalized spacial score (nSPS) is 12.6. The Balaban J connectivity index is 0.000000146. The molecule has 0 radical (unpaired) electrons. The summed E-state index contributed by atoms with van der Waals surface area (Å²) in [6, 6.07) is 41.8. The van der Waals surface area contributed by atoms with Crippen LogP contribution in [0.3, 0.4) is 0 Å². The van der Waals surface area contributed by atoms with Gasteiger partial charge in [-0.15, -0.1) is 34.0 Å². The molecule has 362 valence electrons. The molecular formula is C52H48Br3N11O2S3. The van der Waals surface area contributed by atoms with Crippen LogP contribution in [0.15, 0.2) is 157 Å². The van der Waals surface area contributed by atoms with E-state index in [2.05, 4.69) is 148 Å². The molecule has 6 aromatic heterocycles. The summed E-state index contributed by atoms with van der Waals surface area (Å²) in [7, 11) is 4.37. The maximum Gasteiger partial charge on any atom is 0.227 e. The predicted octanol–water partition coefficient (Wildman–Crippen LogP) is 14.0. The quantitative estimate of drug-likeness (QED) is 0.0764. The minimum absolute atomic E-state index is 0.0135. The van der Waals surface area contributed by atoms with Crippen molar-refractivity contribution >= 4 is 123 Å². The van der Waals surface area contributed by atoms with Crippen LogP contribution in [-0.4, -0.2) is 84.3 Å². The average Bonchev–Trinajstić information content (AvgIpc) is 4.16. The molecule has 1 aliphatic rings. The van der Waals surface area contributed by atoms with Gasteiger partial charge in [0.1, 0.15) is 6.29 Å². The number of carbonyl (C=O) groups excluding carboxylic acids is 1. The van der Waals surface area contributed by atoms with Gasteiger partial charge in [0.25, 0.3) is 0 Å². The number of hydrogen-bond acceptors (Lipinski definition) is 16. The molecule has 3 aromatic carbocycles. The van der Waals surface area contributed by atoms with Crippen LogP contribution in [0.2, 0.25) is 0 Å². The fourth-order valence-corrected chi connectivity index (χ4v) is 11.5. The van der Waals surface area contributed by atoms with Gasteiger partial charge in [-0.05, 0) is 190 Å². The number of carbonyl (C=O) groups is 1. The van der Waals surface area contributed by atoms with Crippen molar-refractivity contribution in [2.24, 2.45) is 0 Å². The molecule has 0 amide bonds. The molecule has 0 aliphatic carbocycles. The number of halogens is 3. The zero-order valence-electron chi connectivity index (χ0n) is 38.5. The molecule has 1 saturated heterocycles. The molecule has 13 nitrogen and oxygen atoms in total. The summed E-state index contributed by atoms with van der Waals surface area (Å²) < 4.78 is 3.23. The minimum Gasteiger partial charge on any atom is -0.392 e. The van der Waals surface area contributed by atoms with Gasteiger partial charge in [-0.25, -0.2) is 29.9 Å². The van der Waals surface area contributed by atoms with E-state index < -0.39 is 0 Å². The van der Waals surface area contributed by atoms with Crippen molar-refractivity contribution < 1.29 is 9.90 Å². The largest absolute Gasteiger partial charge is 0.392 e. The number of hydrogen-bond donors (Lipinski definition) is 4. The molecule has 1 fully saturated rings. The van der Waals surface area contributed by atoms with E-state index in [0.29, 0.717) is 29.5 Å².